The highest BCUT2D eigenvalue weighted by atomic mass is 16.5. The monoisotopic (exact) mass is 170 g/mol. The van der Waals surface area contributed by atoms with Crippen LogP contribution < -0.4 is 0 Å². The summed E-state index contributed by atoms with van der Waals surface area (Å²) >= 11 is 0. The Morgan fingerprint density at radius 3 is 3.08 bits per heavy atom. The van der Waals surface area contributed by atoms with Gasteiger partial charge in [-0.2, -0.15) is 0 Å². The van der Waals surface area contributed by atoms with Crippen molar-refractivity contribution in [1.82, 2.24) is 9.55 Å². The normalized spacial score (nSPS) is 13.2. The summed E-state index contributed by atoms with van der Waals surface area (Å²) in [5, 5.41) is 8.89. The second-order valence-corrected chi connectivity index (χ2v) is 2.46. The van der Waals surface area contributed by atoms with Crippen molar-refractivity contribution in [3.05, 3.63) is 18.2 Å². The van der Waals surface area contributed by atoms with Gasteiger partial charge in [0.1, 0.15) is 18.7 Å². The van der Waals surface area contributed by atoms with Crippen molar-refractivity contribution in [1.29, 1.82) is 0 Å². The van der Waals surface area contributed by atoms with E-state index in [1.165, 1.54) is 0 Å². The molecule has 0 spiro atoms. The number of imidazole rings is 1. The quantitative estimate of drug-likeness (QED) is 0.731. The Morgan fingerprint density at radius 2 is 2.50 bits per heavy atom. The number of aromatic nitrogens is 2. The molecule has 0 aliphatic heterocycles. The molecule has 1 aromatic rings. The zero-order valence-electron chi connectivity index (χ0n) is 7.40. The maximum absolute atomic E-state index is 8.89. The summed E-state index contributed by atoms with van der Waals surface area (Å²) in [5.41, 5.74) is 0. The molecule has 4 nitrogen and oxygen atoms in total. The average Bonchev–Trinajstić information content (AvgIpc) is 2.51. The summed E-state index contributed by atoms with van der Waals surface area (Å²) < 4.78 is 7.15. The number of hydrogen-bond donors (Lipinski definition) is 1. The fourth-order valence-corrected chi connectivity index (χ4v) is 1.12. The first-order valence-electron chi connectivity index (χ1n) is 4.03. The lowest BCUT2D eigenvalue weighted by Gasteiger charge is -2.14. The van der Waals surface area contributed by atoms with E-state index in [9.17, 15) is 0 Å². The molecule has 1 aromatic heterocycles. The first kappa shape index (κ1) is 9.22. The van der Waals surface area contributed by atoms with E-state index in [0.717, 1.165) is 0 Å². The number of ether oxygens (including phenoxy) is 1. The van der Waals surface area contributed by atoms with Gasteiger partial charge >= 0.3 is 0 Å². The van der Waals surface area contributed by atoms with Crippen molar-refractivity contribution in [3.63, 3.8) is 0 Å². The fourth-order valence-electron chi connectivity index (χ4n) is 1.12. The molecule has 12 heavy (non-hydrogen) atoms. The standard InChI is InChI=1S/C8H14N2O2/c1-3-12-7(2)10-5-4-9-8(10)6-11/h4-5,7,11H,3,6H2,1-2H3. The second-order valence-electron chi connectivity index (χ2n) is 2.46. The topological polar surface area (TPSA) is 47.3 Å². The summed E-state index contributed by atoms with van der Waals surface area (Å²) in [6.07, 6.45) is 3.40. The second kappa shape index (κ2) is 4.23. The first-order chi connectivity index (χ1) is 5.79. The fraction of sp³-hybridized carbons (Fsp3) is 0.625. The van der Waals surface area contributed by atoms with Crippen molar-refractivity contribution in [2.24, 2.45) is 0 Å². The molecule has 4 heteroatoms. The Balaban J connectivity index is 2.71. The van der Waals surface area contributed by atoms with Crippen molar-refractivity contribution < 1.29 is 9.84 Å². The Kier molecular flexibility index (Phi) is 3.25. The summed E-state index contributed by atoms with van der Waals surface area (Å²) in [4.78, 5) is 3.97. The van der Waals surface area contributed by atoms with Crippen LogP contribution in [0.2, 0.25) is 0 Å². The molecule has 1 atom stereocenters. The predicted molar refractivity (Wildman–Crippen MR) is 44.5 cm³/mol. The van der Waals surface area contributed by atoms with Crippen molar-refractivity contribution in [2.45, 2.75) is 26.7 Å². The van der Waals surface area contributed by atoms with E-state index in [1.54, 1.807) is 12.4 Å². The third-order valence-corrected chi connectivity index (χ3v) is 1.69. The number of aliphatic hydroxyl groups is 1. The molecule has 1 unspecified atom stereocenters. The Hall–Kier alpha value is -0.870. The van der Waals surface area contributed by atoms with E-state index >= 15 is 0 Å². The molecule has 1 N–H and O–H groups in total. The Bertz CT molecular complexity index is 235. The van der Waals surface area contributed by atoms with Crippen LogP contribution in [0.5, 0.6) is 0 Å². The average molecular weight is 170 g/mol. The number of hydrogen-bond acceptors (Lipinski definition) is 3. The minimum absolute atomic E-state index is 0.0512. The summed E-state index contributed by atoms with van der Waals surface area (Å²) in [6.45, 7) is 4.46. The molecule has 0 saturated heterocycles. The van der Waals surface area contributed by atoms with Crippen LogP contribution in [0.1, 0.15) is 25.9 Å². The molecule has 0 aliphatic carbocycles. The van der Waals surface area contributed by atoms with Gasteiger partial charge in [-0.25, -0.2) is 4.98 Å². The van der Waals surface area contributed by atoms with Crippen LogP contribution in [0.25, 0.3) is 0 Å². The van der Waals surface area contributed by atoms with E-state index in [-0.39, 0.29) is 12.8 Å². The molecule has 0 fully saturated rings. The minimum Gasteiger partial charge on any atom is -0.388 e. The van der Waals surface area contributed by atoms with Crippen molar-refractivity contribution in [2.75, 3.05) is 6.61 Å². The van der Waals surface area contributed by atoms with Crippen LogP contribution in [-0.4, -0.2) is 21.3 Å². The Labute approximate surface area is 71.8 Å². The SMILES string of the molecule is CCOC(C)n1ccnc1CO. The molecule has 0 radical (unpaired) electrons. The zero-order valence-corrected chi connectivity index (χ0v) is 7.40. The lowest BCUT2D eigenvalue weighted by molar-refractivity contribution is 0.0203. The number of aliphatic hydroxyl groups excluding tert-OH is 1. The zero-order chi connectivity index (χ0) is 8.97. The third kappa shape index (κ3) is 1.84. The summed E-state index contributed by atoms with van der Waals surface area (Å²) in [5.74, 6) is 0.635. The molecular formula is C8H14N2O2. The molecule has 1 rings (SSSR count). The van der Waals surface area contributed by atoms with Crippen LogP contribution in [0, 0.1) is 0 Å². The minimum atomic E-state index is -0.0559. The van der Waals surface area contributed by atoms with Crippen LogP contribution in [-0.2, 0) is 11.3 Å². The highest BCUT2D eigenvalue weighted by Gasteiger charge is 2.07. The molecule has 0 bridgehead atoms. The van der Waals surface area contributed by atoms with E-state index in [0.29, 0.717) is 12.4 Å². The van der Waals surface area contributed by atoms with E-state index in [2.05, 4.69) is 4.98 Å². The van der Waals surface area contributed by atoms with Crippen molar-refractivity contribution >= 4 is 0 Å². The molecule has 0 aromatic carbocycles. The van der Waals surface area contributed by atoms with E-state index in [4.69, 9.17) is 9.84 Å². The van der Waals surface area contributed by atoms with E-state index in [1.807, 2.05) is 18.4 Å². The van der Waals surface area contributed by atoms with Gasteiger partial charge in [0.05, 0.1) is 0 Å². The van der Waals surface area contributed by atoms with Gasteiger partial charge in [0, 0.05) is 19.0 Å². The van der Waals surface area contributed by atoms with Gasteiger partial charge in [-0.3, -0.25) is 0 Å². The first-order valence-corrected chi connectivity index (χ1v) is 4.03. The van der Waals surface area contributed by atoms with E-state index < -0.39 is 0 Å². The lowest BCUT2D eigenvalue weighted by atomic mass is 10.5. The Morgan fingerprint density at radius 1 is 1.75 bits per heavy atom. The van der Waals surface area contributed by atoms with Gasteiger partial charge in [-0.1, -0.05) is 0 Å². The van der Waals surface area contributed by atoms with Crippen LogP contribution in [0.4, 0.5) is 0 Å². The number of rotatable bonds is 4. The van der Waals surface area contributed by atoms with Gasteiger partial charge in [0.25, 0.3) is 0 Å². The predicted octanol–water partition coefficient (Wildman–Crippen LogP) is 0.930. The molecular weight excluding hydrogens is 156 g/mol. The van der Waals surface area contributed by atoms with Gasteiger partial charge in [0.2, 0.25) is 0 Å². The van der Waals surface area contributed by atoms with Gasteiger partial charge < -0.3 is 14.4 Å². The van der Waals surface area contributed by atoms with Gasteiger partial charge in [0.15, 0.2) is 0 Å². The highest BCUT2D eigenvalue weighted by Crippen LogP contribution is 2.09. The smallest absolute Gasteiger partial charge is 0.136 e. The summed E-state index contributed by atoms with van der Waals surface area (Å²) in [7, 11) is 0. The maximum Gasteiger partial charge on any atom is 0.136 e. The molecule has 68 valence electrons. The maximum atomic E-state index is 8.89. The lowest BCUT2D eigenvalue weighted by Crippen LogP contribution is -2.11. The van der Waals surface area contributed by atoms with Gasteiger partial charge in [-0.05, 0) is 13.8 Å². The van der Waals surface area contributed by atoms with Crippen LogP contribution in [0.15, 0.2) is 12.4 Å². The molecule has 1 heterocycles. The molecule has 0 amide bonds. The largest absolute Gasteiger partial charge is 0.388 e. The highest BCUT2D eigenvalue weighted by molar-refractivity contribution is 4.91. The van der Waals surface area contributed by atoms with Crippen LogP contribution >= 0.6 is 0 Å². The van der Waals surface area contributed by atoms with Crippen LogP contribution in [0.3, 0.4) is 0 Å². The number of nitrogens with zero attached hydrogens (tertiary/aromatic N) is 2. The molecule has 0 saturated carbocycles. The molecule has 0 aliphatic rings. The summed E-state index contributed by atoms with van der Waals surface area (Å²) in [6, 6.07) is 0. The van der Waals surface area contributed by atoms with Crippen molar-refractivity contribution in [3.8, 4) is 0 Å². The van der Waals surface area contributed by atoms with Gasteiger partial charge in [-0.15, -0.1) is 0 Å². The third-order valence-electron chi connectivity index (χ3n) is 1.69.